The van der Waals surface area contributed by atoms with Gasteiger partial charge in [-0.05, 0) is 49.9 Å². The van der Waals surface area contributed by atoms with Crippen LogP contribution in [-0.2, 0) is 4.74 Å². The van der Waals surface area contributed by atoms with Crippen molar-refractivity contribution in [2.45, 2.75) is 71.3 Å². The Morgan fingerprint density at radius 3 is 2.30 bits per heavy atom. The first-order valence-corrected chi connectivity index (χ1v) is 8.04. The van der Waals surface area contributed by atoms with E-state index in [0.29, 0.717) is 37.4 Å². The van der Waals surface area contributed by atoms with Crippen molar-refractivity contribution in [1.82, 2.24) is 0 Å². The summed E-state index contributed by atoms with van der Waals surface area (Å²) >= 11 is 0. The third kappa shape index (κ3) is 2.87. The van der Waals surface area contributed by atoms with Crippen molar-refractivity contribution in [3.63, 3.8) is 0 Å². The summed E-state index contributed by atoms with van der Waals surface area (Å²) in [6, 6.07) is 2.52. The lowest BCUT2D eigenvalue weighted by atomic mass is 9.57. The van der Waals surface area contributed by atoms with Crippen molar-refractivity contribution in [3.05, 3.63) is 0 Å². The summed E-state index contributed by atoms with van der Waals surface area (Å²) in [5.41, 5.74) is -1.10. The zero-order valence-corrected chi connectivity index (χ0v) is 13.2. The first kappa shape index (κ1) is 15.8. The highest BCUT2D eigenvalue weighted by atomic mass is 16.5. The van der Waals surface area contributed by atoms with E-state index in [1.165, 1.54) is 0 Å². The van der Waals surface area contributed by atoms with E-state index in [0.717, 1.165) is 32.1 Å². The molecule has 0 radical (unpaired) electrons. The summed E-state index contributed by atoms with van der Waals surface area (Å²) in [4.78, 5) is 0. The van der Waals surface area contributed by atoms with Crippen molar-refractivity contribution in [2.24, 2.45) is 16.7 Å². The van der Waals surface area contributed by atoms with Gasteiger partial charge in [-0.1, -0.05) is 20.8 Å². The molecular formula is C17H29NO2. The molecule has 1 saturated carbocycles. The Bertz CT molecular complexity index is 361. The summed E-state index contributed by atoms with van der Waals surface area (Å²) < 4.78 is 5.48. The van der Waals surface area contributed by atoms with Crippen LogP contribution in [0.25, 0.3) is 0 Å². The summed E-state index contributed by atoms with van der Waals surface area (Å²) in [7, 11) is 0. The SMILES string of the molecule is CC(C)(C)C1CCC(C#N)(C2(O)CCCOCC2)CC1. The fraction of sp³-hybridized carbons (Fsp3) is 0.941. The number of hydrogen-bond acceptors (Lipinski definition) is 3. The van der Waals surface area contributed by atoms with Crippen LogP contribution in [0.3, 0.4) is 0 Å². The average molecular weight is 279 g/mol. The molecule has 0 aromatic heterocycles. The van der Waals surface area contributed by atoms with Gasteiger partial charge in [0.15, 0.2) is 0 Å². The van der Waals surface area contributed by atoms with Crippen molar-refractivity contribution < 1.29 is 9.84 Å². The second-order valence-corrected chi connectivity index (χ2v) is 7.83. The Balaban J connectivity index is 2.14. The molecule has 0 amide bonds. The molecule has 1 aliphatic heterocycles. The zero-order valence-electron chi connectivity index (χ0n) is 13.2. The minimum Gasteiger partial charge on any atom is -0.388 e. The van der Waals surface area contributed by atoms with E-state index in [-0.39, 0.29) is 0 Å². The lowest BCUT2D eigenvalue weighted by molar-refractivity contribution is -0.0954. The molecule has 0 spiro atoms. The molecule has 3 heteroatoms. The molecule has 1 N–H and O–H groups in total. The topological polar surface area (TPSA) is 53.2 Å². The average Bonchev–Trinajstić information content (AvgIpc) is 2.64. The van der Waals surface area contributed by atoms with E-state index in [9.17, 15) is 10.4 Å². The van der Waals surface area contributed by atoms with Crippen molar-refractivity contribution in [1.29, 1.82) is 5.26 Å². The van der Waals surface area contributed by atoms with Crippen LogP contribution in [0, 0.1) is 28.1 Å². The van der Waals surface area contributed by atoms with Crippen molar-refractivity contribution >= 4 is 0 Å². The molecule has 114 valence electrons. The Labute approximate surface area is 123 Å². The molecule has 1 atom stereocenters. The van der Waals surface area contributed by atoms with Gasteiger partial charge in [0.05, 0.1) is 17.1 Å². The predicted octanol–water partition coefficient (Wildman–Crippen LogP) is 3.66. The number of aliphatic hydroxyl groups is 1. The first-order chi connectivity index (χ1) is 9.33. The van der Waals surface area contributed by atoms with Crippen LogP contribution in [0.2, 0.25) is 0 Å². The largest absolute Gasteiger partial charge is 0.388 e. The highest BCUT2D eigenvalue weighted by Gasteiger charge is 2.52. The summed E-state index contributed by atoms with van der Waals surface area (Å²) in [6.07, 6.45) is 5.97. The van der Waals surface area contributed by atoms with E-state index in [4.69, 9.17) is 4.74 Å². The normalized spacial score (nSPS) is 39.9. The van der Waals surface area contributed by atoms with Crippen LogP contribution >= 0.6 is 0 Å². The Kier molecular flexibility index (Phi) is 4.47. The minimum absolute atomic E-state index is 0.302. The number of ether oxygens (including phenoxy) is 1. The van der Waals surface area contributed by atoms with Gasteiger partial charge in [0, 0.05) is 19.6 Å². The molecule has 1 saturated heterocycles. The van der Waals surface area contributed by atoms with E-state index in [1.54, 1.807) is 0 Å². The molecule has 0 aromatic rings. The third-order valence-corrected chi connectivity index (χ3v) is 5.71. The molecule has 3 nitrogen and oxygen atoms in total. The second-order valence-electron chi connectivity index (χ2n) is 7.83. The van der Waals surface area contributed by atoms with Gasteiger partial charge in [0.2, 0.25) is 0 Å². The third-order valence-electron chi connectivity index (χ3n) is 5.71. The second kappa shape index (κ2) is 5.66. The maximum Gasteiger partial charge on any atom is 0.0861 e. The number of rotatable bonds is 1. The van der Waals surface area contributed by atoms with Gasteiger partial charge in [-0.2, -0.15) is 5.26 Å². The number of hydrogen-bond donors (Lipinski definition) is 1. The number of nitrogens with zero attached hydrogens (tertiary/aromatic N) is 1. The van der Waals surface area contributed by atoms with Crippen LogP contribution in [0.4, 0.5) is 0 Å². The monoisotopic (exact) mass is 279 g/mol. The zero-order chi connectivity index (χ0) is 14.9. The van der Waals surface area contributed by atoms with Crippen molar-refractivity contribution in [2.75, 3.05) is 13.2 Å². The van der Waals surface area contributed by atoms with Gasteiger partial charge >= 0.3 is 0 Å². The molecule has 1 aliphatic carbocycles. The maximum absolute atomic E-state index is 11.1. The smallest absolute Gasteiger partial charge is 0.0861 e. The highest BCUT2D eigenvalue weighted by molar-refractivity contribution is 5.13. The lowest BCUT2D eigenvalue weighted by Crippen LogP contribution is -2.50. The molecule has 1 heterocycles. The quantitative estimate of drug-likeness (QED) is 0.797. The van der Waals surface area contributed by atoms with Gasteiger partial charge in [0.1, 0.15) is 0 Å². The van der Waals surface area contributed by atoms with Gasteiger partial charge in [0.25, 0.3) is 0 Å². The minimum atomic E-state index is -0.846. The van der Waals surface area contributed by atoms with Gasteiger partial charge in [-0.15, -0.1) is 0 Å². The highest BCUT2D eigenvalue weighted by Crippen LogP contribution is 2.52. The van der Waals surface area contributed by atoms with Gasteiger partial charge < -0.3 is 9.84 Å². The molecule has 2 rings (SSSR count). The molecule has 2 fully saturated rings. The lowest BCUT2D eigenvalue weighted by Gasteiger charge is -2.48. The molecule has 2 aliphatic rings. The van der Waals surface area contributed by atoms with E-state index in [1.807, 2.05) is 0 Å². The first-order valence-electron chi connectivity index (χ1n) is 8.04. The van der Waals surface area contributed by atoms with Crippen LogP contribution in [-0.4, -0.2) is 23.9 Å². The molecule has 0 bridgehead atoms. The Hall–Kier alpha value is -0.590. The van der Waals surface area contributed by atoms with Crippen LogP contribution < -0.4 is 0 Å². The van der Waals surface area contributed by atoms with Crippen LogP contribution in [0.1, 0.15) is 65.7 Å². The number of nitriles is 1. The van der Waals surface area contributed by atoms with E-state index >= 15 is 0 Å². The van der Waals surface area contributed by atoms with E-state index < -0.39 is 11.0 Å². The maximum atomic E-state index is 11.1. The van der Waals surface area contributed by atoms with Gasteiger partial charge in [-0.25, -0.2) is 0 Å². The Morgan fingerprint density at radius 1 is 1.10 bits per heavy atom. The standard InChI is InChI=1S/C17H29NO2/c1-15(2,3)14-5-8-16(13-18,9-6-14)17(19)7-4-11-20-12-10-17/h14,19H,4-12H2,1-3H3. The fourth-order valence-corrected chi connectivity index (χ4v) is 4.07. The van der Waals surface area contributed by atoms with Crippen LogP contribution in [0.5, 0.6) is 0 Å². The summed E-state index contributed by atoms with van der Waals surface area (Å²) in [6.45, 7) is 8.15. The van der Waals surface area contributed by atoms with E-state index in [2.05, 4.69) is 26.8 Å². The molecular weight excluding hydrogens is 250 g/mol. The van der Waals surface area contributed by atoms with Crippen molar-refractivity contribution in [3.8, 4) is 6.07 Å². The molecule has 1 unspecified atom stereocenters. The van der Waals surface area contributed by atoms with Crippen LogP contribution in [0.15, 0.2) is 0 Å². The molecule has 20 heavy (non-hydrogen) atoms. The molecule has 0 aromatic carbocycles. The van der Waals surface area contributed by atoms with Gasteiger partial charge in [-0.3, -0.25) is 0 Å². The predicted molar refractivity (Wildman–Crippen MR) is 79.1 cm³/mol. The fourth-order valence-electron chi connectivity index (χ4n) is 4.07. The Morgan fingerprint density at radius 2 is 1.75 bits per heavy atom. The summed E-state index contributed by atoms with van der Waals surface area (Å²) in [5, 5.41) is 20.9. The summed E-state index contributed by atoms with van der Waals surface area (Å²) in [5.74, 6) is 0.662.